The second-order valence-electron chi connectivity index (χ2n) is 5.62. The van der Waals surface area contributed by atoms with Crippen molar-refractivity contribution in [3.8, 4) is 11.3 Å². The first-order valence-electron chi connectivity index (χ1n) is 7.93. The Balaban J connectivity index is 2.37. The number of hydrogen-bond donors (Lipinski definition) is 0. The molecule has 0 aliphatic carbocycles. The molecule has 2 heterocycles. The van der Waals surface area contributed by atoms with Gasteiger partial charge in [-0.3, -0.25) is 4.98 Å². The highest BCUT2D eigenvalue weighted by Crippen LogP contribution is 2.36. The molecule has 0 aliphatic rings. The summed E-state index contributed by atoms with van der Waals surface area (Å²) in [7, 11) is 0. The number of ether oxygens (including phenoxy) is 1. The lowest BCUT2D eigenvalue weighted by molar-refractivity contribution is -0.136. The summed E-state index contributed by atoms with van der Waals surface area (Å²) in [5.74, 6) is -0.641. The maximum absolute atomic E-state index is 13.4. The first kappa shape index (κ1) is 17.8. The van der Waals surface area contributed by atoms with Crippen molar-refractivity contribution in [2.45, 2.75) is 20.0 Å². The molecule has 0 amide bonds. The molecular weight excluding hydrogens is 345 g/mol. The maximum Gasteiger partial charge on any atom is 0.418 e. The third kappa shape index (κ3) is 3.24. The Morgan fingerprint density at radius 3 is 2.62 bits per heavy atom. The number of para-hydroxylation sites is 1. The summed E-state index contributed by atoms with van der Waals surface area (Å²) in [6, 6.07) is 8.43. The van der Waals surface area contributed by atoms with E-state index in [4.69, 9.17) is 4.74 Å². The number of alkyl halides is 3. The van der Waals surface area contributed by atoms with Gasteiger partial charge >= 0.3 is 12.1 Å². The third-order valence-corrected chi connectivity index (χ3v) is 3.91. The summed E-state index contributed by atoms with van der Waals surface area (Å²) in [4.78, 5) is 20.7. The first-order chi connectivity index (χ1) is 12.3. The van der Waals surface area contributed by atoms with E-state index in [-0.39, 0.29) is 28.8 Å². The van der Waals surface area contributed by atoms with Crippen molar-refractivity contribution in [1.29, 1.82) is 0 Å². The fourth-order valence-electron chi connectivity index (χ4n) is 2.73. The van der Waals surface area contributed by atoms with Crippen LogP contribution in [-0.2, 0) is 10.9 Å². The van der Waals surface area contributed by atoms with Crippen molar-refractivity contribution < 1.29 is 22.7 Å². The molecule has 0 atom stereocenters. The van der Waals surface area contributed by atoms with E-state index in [1.165, 1.54) is 18.2 Å². The highest BCUT2D eigenvalue weighted by molar-refractivity contribution is 6.01. The summed E-state index contributed by atoms with van der Waals surface area (Å²) in [6.07, 6.45) is -3.00. The zero-order valence-corrected chi connectivity index (χ0v) is 14.1. The predicted molar refractivity (Wildman–Crippen MR) is 90.7 cm³/mol. The Kier molecular flexibility index (Phi) is 4.63. The highest BCUT2D eigenvalue weighted by atomic mass is 19.4. The van der Waals surface area contributed by atoms with Gasteiger partial charge in [-0.1, -0.05) is 12.1 Å². The van der Waals surface area contributed by atoms with Crippen LogP contribution in [-0.4, -0.2) is 22.5 Å². The van der Waals surface area contributed by atoms with Crippen molar-refractivity contribution in [3.05, 3.63) is 59.4 Å². The molecule has 0 N–H and O–H groups in total. The number of halogens is 3. The van der Waals surface area contributed by atoms with Crippen LogP contribution in [0.25, 0.3) is 22.2 Å². The van der Waals surface area contributed by atoms with Gasteiger partial charge in [0.1, 0.15) is 0 Å². The monoisotopic (exact) mass is 360 g/mol. The Bertz CT molecular complexity index is 984. The third-order valence-electron chi connectivity index (χ3n) is 3.91. The Morgan fingerprint density at radius 2 is 1.96 bits per heavy atom. The van der Waals surface area contributed by atoms with E-state index in [1.807, 2.05) is 0 Å². The molecule has 1 aromatic carbocycles. The van der Waals surface area contributed by atoms with Gasteiger partial charge in [0, 0.05) is 22.8 Å². The number of fused-ring (bicyclic) bond motifs is 1. The van der Waals surface area contributed by atoms with Crippen LogP contribution in [0, 0.1) is 6.92 Å². The Labute approximate surface area is 147 Å². The van der Waals surface area contributed by atoms with Gasteiger partial charge in [0.15, 0.2) is 0 Å². The Morgan fingerprint density at radius 1 is 1.19 bits per heavy atom. The SMILES string of the molecule is CCOC(=O)c1cc2cccc(C(F)(F)F)c2nc1-c1cccnc1C. The molecule has 134 valence electrons. The van der Waals surface area contributed by atoms with E-state index in [1.54, 1.807) is 32.2 Å². The predicted octanol–water partition coefficient (Wildman–Crippen LogP) is 4.80. The number of pyridine rings is 2. The fraction of sp³-hybridized carbons (Fsp3) is 0.211. The molecular formula is C19H15F3N2O2. The molecule has 0 bridgehead atoms. The van der Waals surface area contributed by atoms with E-state index >= 15 is 0 Å². The van der Waals surface area contributed by atoms with Gasteiger partial charge in [0.2, 0.25) is 0 Å². The zero-order chi connectivity index (χ0) is 18.9. The number of rotatable bonds is 3. The second-order valence-corrected chi connectivity index (χ2v) is 5.62. The van der Waals surface area contributed by atoms with Crippen LogP contribution in [0.1, 0.15) is 28.5 Å². The number of esters is 1. The van der Waals surface area contributed by atoms with Crippen LogP contribution in [0.3, 0.4) is 0 Å². The maximum atomic E-state index is 13.4. The molecule has 26 heavy (non-hydrogen) atoms. The standard InChI is InChI=1S/C19H15F3N2O2/c1-3-26-18(25)14-10-12-6-4-8-15(19(20,21)22)16(12)24-17(14)13-7-5-9-23-11(13)2/h4-10H,3H2,1-2H3. The summed E-state index contributed by atoms with van der Waals surface area (Å²) in [5, 5.41) is 0.216. The lowest BCUT2D eigenvalue weighted by Gasteiger charge is -2.14. The average Bonchev–Trinajstić information content (AvgIpc) is 2.60. The molecule has 3 aromatic rings. The Hall–Kier alpha value is -2.96. The van der Waals surface area contributed by atoms with Crippen LogP contribution in [0.2, 0.25) is 0 Å². The molecule has 0 saturated heterocycles. The van der Waals surface area contributed by atoms with Gasteiger partial charge in [-0.05, 0) is 38.1 Å². The van der Waals surface area contributed by atoms with E-state index in [0.717, 1.165) is 6.07 Å². The average molecular weight is 360 g/mol. The van der Waals surface area contributed by atoms with Crippen molar-refractivity contribution in [3.63, 3.8) is 0 Å². The van der Waals surface area contributed by atoms with E-state index in [0.29, 0.717) is 11.3 Å². The van der Waals surface area contributed by atoms with Gasteiger partial charge in [0.25, 0.3) is 0 Å². The van der Waals surface area contributed by atoms with Crippen LogP contribution in [0.4, 0.5) is 13.2 Å². The molecule has 2 aromatic heterocycles. The smallest absolute Gasteiger partial charge is 0.418 e. The molecule has 0 unspecified atom stereocenters. The quantitative estimate of drug-likeness (QED) is 0.630. The van der Waals surface area contributed by atoms with Crippen molar-refractivity contribution in [2.24, 2.45) is 0 Å². The molecule has 0 spiro atoms. The fourth-order valence-corrected chi connectivity index (χ4v) is 2.73. The second kappa shape index (κ2) is 6.74. The summed E-state index contributed by atoms with van der Waals surface area (Å²) < 4.78 is 45.2. The topological polar surface area (TPSA) is 52.1 Å². The van der Waals surface area contributed by atoms with Crippen molar-refractivity contribution in [1.82, 2.24) is 9.97 Å². The lowest BCUT2D eigenvalue weighted by atomic mass is 10.0. The van der Waals surface area contributed by atoms with Gasteiger partial charge < -0.3 is 4.74 Å². The summed E-state index contributed by atoms with van der Waals surface area (Å²) in [6.45, 7) is 3.50. The molecule has 0 fully saturated rings. The number of aryl methyl sites for hydroxylation is 1. The summed E-state index contributed by atoms with van der Waals surface area (Å²) >= 11 is 0. The van der Waals surface area contributed by atoms with E-state index in [9.17, 15) is 18.0 Å². The zero-order valence-electron chi connectivity index (χ0n) is 14.1. The number of hydrogen-bond acceptors (Lipinski definition) is 4. The minimum Gasteiger partial charge on any atom is -0.462 e. The van der Waals surface area contributed by atoms with Crippen molar-refractivity contribution >= 4 is 16.9 Å². The number of carbonyl (C=O) groups is 1. The van der Waals surface area contributed by atoms with Gasteiger partial charge in [-0.15, -0.1) is 0 Å². The molecule has 3 rings (SSSR count). The van der Waals surface area contributed by atoms with Crippen LogP contribution in [0.15, 0.2) is 42.6 Å². The number of nitrogens with zero attached hydrogens (tertiary/aromatic N) is 2. The minimum atomic E-state index is -4.56. The number of carbonyl (C=O) groups excluding carboxylic acids is 1. The van der Waals surface area contributed by atoms with Gasteiger partial charge in [0.05, 0.1) is 28.9 Å². The normalized spacial score (nSPS) is 11.6. The van der Waals surface area contributed by atoms with Crippen molar-refractivity contribution in [2.75, 3.05) is 6.61 Å². The number of aromatic nitrogens is 2. The van der Waals surface area contributed by atoms with Crippen LogP contribution < -0.4 is 0 Å². The molecule has 0 aliphatic heterocycles. The summed E-state index contributed by atoms with van der Waals surface area (Å²) in [5.41, 5.74) is 0.191. The van der Waals surface area contributed by atoms with Gasteiger partial charge in [-0.25, -0.2) is 9.78 Å². The van der Waals surface area contributed by atoms with Gasteiger partial charge in [-0.2, -0.15) is 13.2 Å². The first-order valence-corrected chi connectivity index (χ1v) is 7.93. The molecule has 7 heteroatoms. The molecule has 4 nitrogen and oxygen atoms in total. The molecule has 0 radical (unpaired) electrons. The van der Waals surface area contributed by atoms with E-state index < -0.39 is 17.7 Å². The lowest BCUT2D eigenvalue weighted by Crippen LogP contribution is -2.11. The van der Waals surface area contributed by atoms with Crippen LogP contribution in [0.5, 0.6) is 0 Å². The van der Waals surface area contributed by atoms with Crippen LogP contribution >= 0.6 is 0 Å². The largest absolute Gasteiger partial charge is 0.462 e. The minimum absolute atomic E-state index is 0.106. The molecule has 0 saturated carbocycles. The highest BCUT2D eigenvalue weighted by Gasteiger charge is 2.34. The van der Waals surface area contributed by atoms with E-state index in [2.05, 4.69) is 9.97 Å². The number of benzene rings is 1.